The SMILES string of the molecule is Cc1c(C(C)(F)F)nn(CC2CCC(F)(F)C2)c1C(=O)Nc1cccc(S(N)(=O)=O)c1. The molecule has 1 aromatic heterocycles. The fraction of sp³-hybridized carbons (Fsp3) is 0.474. The number of nitrogens with two attached hydrogens (primary N) is 1. The Morgan fingerprint density at radius 3 is 2.61 bits per heavy atom. The topological polar surface area (TPSA) is 107 Å². The number of primary sulfonamides is 1. The molecule has 7 nitrogen and oxygen atoms in total. The number of halogens is 4. The number of carbonyl (C=O) groups is 1. The van der Waals surface area contributed by atoms with Crippen LogP contribution in [0.3, 0.4) is 0 Å². The van der Waals surface area contributed by atoms with Gasteiger partial charge in [0.2, 0.25) is 15.9 Å². The Bertz CT molecular complexity index is 1110. The summed E-state index contributed by atoms with van der Waals surface area (Å²) in [7, 11) is -4.02. The Kier molecular flexibility index (Phi) is 5.91. The van der Waals surface area contributed by atoms with Gasteiger partial charge in [0.05, 0.1) is 4.90 Å². The Balaban J connectivity index is 1.95. The highest BCUT2D eigenvalue weighted by atomic mass is 32.2. The molecule has 0 spiro atoms. The van der Waals surface area contributed by atoms with Crippen molar-refractivity contribution in [2.24, 2.45) is 11.1 Å². The van der Waals surface area contributed by atoms with Crippen molar-refractivity contribution in [1.82, 2.24) is 9.78 Å². The predicted molar refractivity (Wildman–Crippen MR) is 105 cm³/mol. The molecular weight excluding hydrogens is 440 g/mol. The van der Waals surface area contributed by atoms with Gasteiger partial charge < -0.3 is 5.32 Å². The van der Waals surface area contributed by atoms with Crippen LogP contribution in [-0.2, 0) is 22.5 Å². The second kappa shape index (κ2) is 7.90. The van der Waals surface area contributed by atoms with Gasteiger partial charge in [-0.05, 0) is 37.5 Å². The van der Waals surface area contributed by atoms with E-state index in [1.54, 1.807) is 0 Å². The number of sulfonamides is 1. The van der Waals surface area contributed by atoms with Crippen LogP contribution in [-0.4, -0.2) is 30.0 Å². The lowest BCUT2D eigenvalue weighted by Gasteiger charge is -2.14. The maximum Gasteiger partial charge on any atom is 0.289 e. The summed E-state index contributed by atoms with van der Waals surface area (Å²) in [5.41, 5.74) is -0.841. The summed E-state index contributed by atoms with van der Waals surface area (Å²) >= 11 is 0. The smallest absolute Gasteiger partial charge is 0.289 e. The molecule has 170 valence electrons. The van der Waals surface area contributed by atoms with Crippen molar-refractivity contribution in [1.29, 1.82) is 0 Å². The summed E-state index contributed by atoms with van der Waals surface area (Å²) in [4.78, 5) is 12.7. The molecule has 1 saturated carbocycles. The molecule has 1 aliphatic rings. The molecule has 31 heavy (non-hydrogen) atoms. The molecule has 1 unspecified atom stereocenters. The molecule has 1 atom stereocenters. The molecule has 1 amide bonds. The van der Waals surface area contributed by atoms with Crippen molar-refractivity contribution in [2.75, 3.05) is 5.32 Å². The minimum absolute atomic E-state index is 0.0703. The van der Waals surface area contributed by atoms with Gasteiger partial charge in [0.1, 0.15) is 11.4 Å². The van der Waals surface area contributed by atoms with Crippen LogP contribution in [0.4, 0.5) is 23.2 Å². The van der Waals surface area contributed by atoms with E-state index in [2.05, 4.69) is 10.4 Å². The van der Waals surface area contributed by atoms with Gasteiger partial charge in [0, 0.05) is 37.6 Å². The van der Waals surface area contributed by atoms with Gasteiger partial charge in [-0.25, -0.2) is 22.3 Å². The second-order valence-corrected chi connectivity index (χ2v) is 9.45. The zero-order valence-corrected chi connectivity index (χ0v) is 17.6. The molecule has 1 aliphatic carbocycles. The monoisotopic (exact) mass is 462 g/mol. The second-order valence-electron chi connectivity index (χ2n) is 7.88. The molecule has 3 N–H and O–H groups in total. The van der Waals surface area contributed by atoms with E-state index in [-0.39, 0.29) is 41.2 Å². The molecule has 1 heterocycles. The Morgan fingerprint density at radius 2 is 2.06 bits per heavy atom. The molecule has 2 aromatic rings. The summed E-state index contributed by atoms with van der Waals surface area (Å²) < 4.78 is 79.2. The first-order chi connectivity index (χ1) is 14.2. The maximum absolute atomic E-state index is 14.0. The van der Waals surface area contributed by atoms with Crippen molar-refractivity contribution in [3.05, 3.63) is 41.2 Å². The van der Waals surface area contributed by atoms with E-state index < -0.39 is 45.8 Å². The first-order valence-corrected chi connectivity index (χ1v) is 11.0. The molecule has 0 radical (unpaired) electrons. The summed E-state index contributed by atoms with van der Waals surface area (Å²) in [6, 6.07) is 5.11. The number of benzene rings is 1. The van der Waals surface area contributed by atoms with Crippen LogP contribution >= 0.6 is 0 Å². The summed E-state index contributed by atoms with van der Waals surface area (Å²) in [6.45, 7) is 1.81. The lowest BCUT2D eigenvalue weighted by Crippen LogP contribution is -2.22. The van der Waals surface area contributed by atoms with Crippen LogP contribution in [0, 0.1) is 12.8 Å². The van der Waals surface area contributed by atoms with Crippen LogP contribution in [0.5, 0.6) is 0 Å². The average Bonchev–Trinajstić information content (AvgIpc) is 3.13. The highest BCUT2D eigenvalue weighted by Crippen LogP contribution is 2.40. The average molecular weight is 462 g/mol. The van der Waals surface area contributed by atoms with Crippen molar-refractivity contribution in [2.45, 2.75) is 56.4 Å². The van der Waals surface area contributed by atoms with Gasteiger partial charge in [0.25, 0.3) is 11.8 Å². The molecule has 0 saturated heterocycles. The lowest BCUT2D eigenvalue weighted by molar-refractivity contribution is 0.00345. The van der Waals surface area contributed by atoms with Crippen LogP contribution in [0.15, 0.2) is 29.2 Å². The third kappa shape index (κ3) is 5.24. The molecule has 0 bridgehead atoms. The van der Waals surface area contributed by atoms with Gasteiger partial charge in [-0.1, -0.05) is 6.07 Å². The predicted octanol–water partition coefficient (Wildman–Crippen LogP) is 3.64. The third-order valence-electron chi connectivity index (χ3n) is 5.18. The quantitative estimate of drug-likeness (QED) is 0.639. The fourth-order valence-corrected chi connectivity index (χ4v) is 4.33. The van der Waals surface area contributed by atoms with E-state index in [9.17, 15) is 30.8 Å². The van der Waals surface area contributed by atoms with Gasteiger partial charge in [0.15, 0.2) is 0 Å². The van der Waals surface area contributed by atoms with Crippen molar-refractivity contribution in [3.8, 4) is 0 Å². The number of hydrogen-bond donors (Lipinski definition) is 2. The third-order valence-corrected chi connectivity index (χ3v) is 6.09. The van der Waals surface area contributed by atoms with Crippen LogP contribution in [0.1, 0.15) is 47.9 Å². The number of nitrogens with zero attached hydrogens (tertiary/aromatic N) is 2. The normalized spacial score (nSPS) is 18.9. The van der Waals surface area contributed by atoms with Gasteiger partial charge in [-0.15, -0.1) is 0 Å². The fourth-order valence-electron chi connectivity index (χ4n) is 3.77. The van der Waals surface area contributed by atoms with Crippen LogP contribution in [0.2, 0.25) is 0 Å². The Hall–Kier alpha value is -2.47. The molecule has 12 heteroatoms. The Labute approximate surface area is 176 Å². The van der Waals surface area contributed by atoms with Crippen molar-refractivity contribution in [3.63, 3.8) is 0 Å². The molecule has 3 rings (SSSR count). The van der Waals surface area contributed by atoms with Crippen LogP contribution < -0.4 is 10.5 Å². The standard InChI is InChI=1S/C19H22F4N4O3S/c1-11-15(17(28)25-13-4-3-5-14(8-13)31(24,29)30)27(26-16(11)18(2,20)21)10-12-6-7-19(22,23)9-12/h3-5,8,12H,6-7,9-10H2,1-2H3,(H,25,28)(H2,24,29,30). The van der Waals surface area contributed by atoms with Crippen LogP contribution in [0.25, 0.3) is 0 Å². The zero-order valence-electron chi connectivity index (χ0n) is 16.8. The first-order valence-electron chi connectivity index (χ1n) is 9.45. The van der Waals surface area contributed by atoms with Crippen molar-refractivity contribution >= 4 is 21.6 Å². The highest BCUT2D eigenvalue weighted by Gasteiger charge is 2.41. The van der Waals surface area contributed by atoms with E-state index in [1.165, 1.54) is 25.1 Å². The molecule has 0 aliphatic heterocycles. The first kappa shape index (κ1) is 23.2. The molecule has 1 aromatic carbocycles. The van der Waals surface area contributed by atoms with E-state index >= 15 is 0 Å². The lowest BCUT2D eigenvalue weighted by atomic mass is 10.1. The summed E-state index contributed by atoms with van der Waals surface area (Å²) in [5, 5.41) is 11.4. The number of hydrogen-bond acceptors (Lipinski definition) is 4. The number of carbonyl (C=O) groups excluding carboxylic acids is 1. The molecule has 1 fully saturated rings. The van der Waals surface area contributed by atoms with E-state index in [0.29, 0.717) is 6.92 Å². The largest absolute Gasteiger partial charge is 0.321 e. The highest BCUT2D eigenvalue weighted by molar-refractivity contribution is 7.89. The number of rotatable bonds is 6. The zero-order chi connectivity index (χ0) is 23.2. The Morgan fingerprint density at radius 1 is 1.39 bits per heavy atom. The number of amides is 1. The van der Waals surface area contributed by atoms with E-state index in [4.69, 9.17) is 5.14 Å². The number of nitrogens with one attached hydrogen (secondary N) is 1. The summed E-state index contributed by atoms with van der Waals surface area (Å²) in [6.07, 6.45) is -0.543. The number of aromatic nitrogens is 2. The van der Waals surface area contributed by atoms with Gasteiger partial charge in [-0.2, -0.15) is 13.9 Å². The molecular formula is C19H22F4N4O3S. The summed E-state index contributed by atoms with van der Waals surface area (Å²) in [5.74, 6) is -7.53. The minimum Gasteiger partial charge on any atom is -0.321 e. The van der Waals surface area contributed by atoms with Crippen molar-refractivity contribution < 1.29 is 30.8 Å². The van der Waals surface area contributed by atoms with E-state index in [0.717, 1.165) is 10.7 Å². The van der Waals surface area contributed by atoms with E-state index in [1.807, 2.05) is 0 Å². The number of alkyl halides is 4. The minimum atomic E-state index is -4.02. The maximum atomic E-state index is 14.0. The van der Waals surface area contributed by atoms with Gasteiger partial charge in [-0.3, -0.25) is 9.48 Å². The van der Waals surface area contributed by atoms with Gasteiger partial charge >= 0.3 is 0 Å². The number of anilines is 1.